The molecule has 0 saturated heterocycles. The standard InChI is InChI=1S/C14H16N4O/c1-14(2,3)12(9-10-19)18-16-13(15-17-18)11-7-5-4-6-8-11/h4-10H,1-3H3/b12-9+. The first kappa shape index (κ1) is 13.1. The highest BCUT2D eigenvalue weighted by Crippen LogP contribution is 2.28. The van der Waals surface area contributed by atoms with Crippen LogP contribution in [0.4, 0.5) is 0 Å². The zero-order chi connectivity index (χ0) is 13.9. The molecule has 0 amide bonds. The van der Waals surface area contributed by atoms with Crippen molar-refractivity contribution >= 4 is 12.0 Å². The van der Waals surface area contributed by atoms with Crippen molar-refractivity contribution in [2.45, 2.75) is 20.8 Å². The van der Waals surface area contributed by atoms with Gasteiger partial charge in [0.15, 0.2) is 0 Å². The molecule has 0 aliphatic rings. The Morgan fingerprint density at radius 2 is 1.89 bits per heavy atom. The average Bonchev–Trinajstić information content (AvgIpc) is 2.84. The quantitative estimate of drug-likeness (QED) is 0.625. The molecule has 5 nitrogen and oxygen atoms in total. The second-order valence-corrected chi connectivity index (χ2v) is 5.21. The normalized spacial score (nSPS) is 12.5. The molecule has 0 N–H and O–H groups in total. The number of aromatic nitrogens is 4. The van der Waals surface area contributed by atoms with Crippen molar-refractivity contribution in [1.82, 2.24) is 20.2 Å². The number of nitrogens with zero attached hydrogens (tertiary/aromatic N) is 4. The fourth-order valence-electron chi connectivity index (χ4n) is 1.70. The van der Waals surface area contributed by atoms with Crippen molar-refractivity contribution in [3.05, 3.63) is 36.4 Å². The van der Waals surface area contributed by atoms with E-state index in [2.05, 4.69) is 15.4 Å². The van der Waals surface area contributed by atoms with E-state index in [0.717, 1.165) is 11.8 Å². The summed E-state index contributed by atoms with van der Waals surface area (Å²) in [6.07, 6.45) is 2.21. The minimum absolute atomic E-state index is 0.241. The van der Waals surface area contributed by atoms with Crippen LogP contribution in [0.5, 0.6) is 0 Å². The van der Waals surface area contributed by atoms with E-state index in [1.807, 2.05) is 51.1 Å². The van der Waals surface area contributed by atoms with Gasteiger partial charge in [0.1, 0.15) is 6.29 Å². The van der Waals surface area contributed by atoms with E-state index in [1.165, 1.54) is 10.9 Å². The first-order valence-corrected chi connectivity index (χ1v) is 6.04. The van der Waals surface area contributed by atoms with Gasteiger partial charge in [-0.25, -0.2) is 0 Å². The lowest BCUT2D eigenvalue weighted by Gasteiger charge is -2.20. The molecule has 0 aliphatic carbocycles. The van der Waals surface area contributed by atoms with Crippen LogP contribution < -0.4 is 0 Å². The van der Waals surface area contributed by atoms with Crippen LogP contribution >= 0.6 is 0 Å². The van der Waals surface area contributed by atoms with Crippen molar-refractivity contribution in [2.75, 3.05) is 0 Å². The Bertz CT molecular complexity index is 593. The molecule has 0 radical (unpaired) electrons. The summed E-state index contributed by atoms with van der Waals surface area (Å²) >= 11 is 0. The van der Waals surface area contributed by atoms with E-state index >= 15 is 0 Å². The van der Waals surface area contributed by atoms with Gasteiger partial charge in [0, 0.05) is 17.1 Å². The molecule has 1 aromatic carbocycles. The number of aldehydes is 1. The van der Waals surface area contributed by atoms with Gasteiger partial charge >= 0.3 is 0 Å². The molecular formula is C14H16N4O. The molecule has 5 heteroatoms. The lowest BCUT2D eigenvalue weighted by molar-refractivity contribution is -0.104. The van der Waals surface area contributed by atoms with E-state index in [-0.39, 0.29) is 5.41 Å². The molecule has 0 unspecified atom stereocenters. The van der Waals surface area contributed by atoms with E-state index in [1.54, 1.807) is 0 Å². The average molecular weight is 256 g/mol. The number of hydrogen-bond donors (Lipinski definition) is 0. The van der Waals surface area contributed by atoms with Crippen LogP contribution in [0, 0.1) is 5.41 Å². The topological polar surface area (TPSA) is 60.7 Å². The van der Waals surface area contributed by atoms with Crippen LogP contribution in [-0.2, 0) is 4.79 Å². The van der Waals surface area contributed by atoms with Gasteiger partial charge in [-0.2, -0.15) is 0 Å². The van der Waals surface area contributed by atoms with Crippen molar-refractivity contribution < 1.29 is 4.79 Å². The van der Waals surface area contributed by atoms with Gasteiger partial charge < -0.3 is 0 Å². The largest absolute Gasteiger partial charge is 0.298 e. The maximum atomic E-state index is 10.7. The molecule has 0 aliphatic heterocycles. The summed E-state index contributed by atoms with van der Waals surface area (Å²) in [4.78, 5) is 12.2. The van der Waals surface area contributed by atoms with Crippen molar-refractivity contribution in [3.8, 4) is 11.4 Å². The minimum atomic E-state index is -0.241. The van der Waals surface area contributed by atoms with Gasteiger partial charge in [0.25, 0.3) is 0 Å². The SMILES string of the molecule is CC(C)(C)/C(=C\C=O)n1nnc(-c2ccccc2)n1. The highest BCUT2D eigenvalue weighted by atomic mass is 16.1. The molecule has 2 rings (SSSR count). The molecule has 98 valence electrons. The summed E-state index contributed by atoms with van der Waals surface area (Å²) in [5, 5.41) is 12.4. The number of hydrogen-bond acceptors (Lipinski definition) is 4. The molecule has 0 bridgehead atoms. The molecule has 1 aromatic heterocycles. The minimum Gasteiger partial charge on any atom is -0.298 e. The third-order valence-electron chi connectivity index (χ3n) is 2.66. The summed E-state index contributed by atoms with van der Waals surface area (Å²) in [5.74, 6) is 0.543. The lowest BCUT2D eigenvalue weighted by atomic mass is 9.92. The Balaban J connectivity index is 2.41. The van der Waals surface area contributed by atoms with E-state index in [0.29, 0.717) is 11.5 Å². The molecule has 0 saturated carbocycles. The van der Waals surface area contributed by atoms with Gasteiger partial charge in [-0.1, -0.05) is 51.1 Å². The molecule has 2 aromatic rings. The number of carbonyl (C=O) groups excluding carboxylic acids is 1. The Kier molecular flexibility index (Phi) is 3.55. The number of rotatable bonds is 3. The Morgan fingerprint density at radius 3 is 2.47 bits per heavy atom. The molecule has 19 heavy (non-hydrogen) atoms. The lowest BCUT2D eigenvalue weighted by Crippen LogP contribution is -2.17. The predicted molar refractivity (Wildman–Crippen MR) is 73.0 cm³/mol. The van der Waals surface area contributed by atoms with E-state index in [4.69, 9.17) is 0 Å². The maximum Gasteiger partial charge on any atom is 0.205 e. The fraction of sp³-hybridized carbons (Fsp3) is 0.286. The number of tetrazole rings is 1. The molecular weight excluding hydrogens is 240 g/mol. The summed E-state index contributed by atoms with van der Waals surface area (Å²) in [6, 6.07) is 9.60. The van der Waals surface area contributed by atoms with Gasteiger partial charge in [0.05, 0.1) is 5.70 Å². The molecule has 1 heterocycles. The second-order valence-electron chi connectivity index (χ2n) is 5.21. The molecule has 0 spiro atoms. The highest BCUT2D eigenvalue weighted by Gasteiger charge is 2.21. The van der Waals surface area contributed by atoms with Gasteiger partial charge in [0.2, 0.25) is 5.82 Å². The Hall–Kier alpha value is -2.30. The second kappa shape index (κ2) is 5.14. The van der Waals surface area contributed by atoms with Crippen molar-refractivity contribution in [1.29, 1.82) is 0 Å². The first-order valence-electron chi connectivity index (χ1n) is 6.04. The Morgan fingerprint density at radius 1 is 1.21 bits per heavy atom. The number of benzene rings is 1. The predicted octanol–water partition coefficient (Wildman–Crippen LogP) is 2.43. The number of allylic oxidation sites excluding steroid dienone is 2. The van der Waals surface area contributed by atoms with Crippen LogP contribution in [-0.4, -0.2) is 26.5 Å². The smallest absolute Gasteiger partial charge is 0.205 e. The van der Waals surface area contributed by atoms with Crippen molar-refractivity contribution in [3.63, 3.8) is 0 Å². The third kappa shape index (κ3) is 2.93. The van der Waals surface area contributed by atoms with Gasteiger partial charge in [-0.15, -0.1) is 15.0 Å². The summed E-state index contributed by atoms with van der Waals surface area (Å²) in [7, 11) is 0. The summed E-state index contributed by atoms with van der Waals surface area (Å²) < 4.78 is 0. The van der Waals surface area contributed by atoms with Crippen LogP contribution in [0.1, 0.15) is 20.8 Å². The highest BCUT2D eigenvalue weighted by molar-refractivity contribution is 5.75. The van der Waals surface area contributed by atoms with Crippen LogP contribution in [0.2, 0.25) is 0 Å². The van der Waals surface area contributed by atoms with Crippen molar-refractivity contribution in [2.24, 2.45) is 5.41 Å². The fourth-order valence-corrected chi connectivity index (χ4v) is 1.70. The zero-order valence-electron chi connectivity index (χ0n) is 11.2. The Labute approximate surface area is 111 Å². The molecule has 0 atom stereocenters. The van der Waals surface area contributed by atoms with E-state index in [9.17, 15) is 4.79 Å². The van der Waals surface area contributed by atoms with Crippen LogP contribution in [0.15, 0.2) is 36.4 Å². The number of carbonyl (C=O) groups is 1. The third-order valence-corrected chi connectivity index (χ3v) is 2.66. The van der Waals surface area contributed by atoms with Gasteiger partial charge in [-0.05, 0) is 5.21 Å². The molecule has 0 fully saturated rings. The van der Waals surface area contributed by atoms with E-state index < -0.39 is 0 Å². The zero-order valence-corrected chi connectivity index (χ0v) is 11.2. The summed E-state index contributed by atoms with van der Waals surface area (Å²) in [5.41, 5.74) is 1.36. The first-order chi connectivity index (χ1) is 9.02. The maximum absolute atomic E-state index is 10.7. The van der Waals surface area contributed by atoms with Crippen LogP contribution in [0.3, 0.4) is 0 Å². The van der Waals surface area contributed by atoms with Crippen LogP contribution in [0.25, 0.3) is 17.1 Å². The monoisotopic (exact) mass is 256 g/mol. The van der Waals surface area contributed by atoms with Gasteiger partial charge in [-0.3, -0.25) is 4.79 Å². The summed E-state index contributed by atoms with van der Waals surface area (Å²) in [6.45, 7) is 5.98.